The van der Waals surface area contributed by atoms with Crippen LogP contribution in [0.15, 0.2) is 42.7 Å². The highest BCUT2D eigenvalue weighted by molar-refractivity contribution is 5.24. The molecule has 0 spiro atoms. The predicted molar refractivity (Wildman–Crippen MR) is 77.8 cm³/mol. The molecular formula is C15H20N4. The number of aromatic nitrogens is 2. The average molecular weight is 256 g/mol. The molecule has 0 saturated heterocycles. The topological polar surface area (TPSA) is 49.8 Å². The van der Waals surface area contributed by atoms with Gasteiger partial charge in [-0.1, -0.05) is 37.3 Å². The van der Waals surface area contributed by atoms with E-state index in [-0.39, 0.29) is 0 Å². The fourth-order valence-corrected chi connectivity index (χ4v) is 1.72. The lowest BCUT2D eigenvalue weighted by molar-refractivity contribution is 0.689. The van der Waals surface area contributed by atoms with Gasteiger partial charge in [-0.3, -0.25) is 0 Å². The molecule has 0 saturated carbocycles. The molecule has 100 valence electrons. The third-order valence-electron chi connectivity index (χ3n) is 2.74. The van der Waals surface area contributed by atoms with Crippen LogP contribution in [0.25, 0.3) is 0 Å². The molecule has 0 radical (unpaired) electrons. The Hall–Kier alpha value is -1.94. The van der Waals surface area contributed by atoms with Crippen molar-refractivity contribution in [2.45, 2.75) is 26.4 Å². The lowest BCUT2D eigenvalue weighted by Gasteiger charge is -2.06. The van der Waals surface area contributed by atoms with Gasteiger partial charge in [0, 0.05) is 37.6 Å². The summed E-state index contributed by atoms with van der Waals surface area (Å²) in [5.41, 5.74) is 2.38. The summed E-state index contributed by atoms with van der Waals surface area (Å²) < 4.78 is 0. The molecule has 0 aliphatic rings. The van der Waals surface area contributed by atoms with E-state index >= 15 is 0 Å². The molecule has 0 bridgehead atoms. The normalized spacial score (nSPS) is 10.4. The van der Waals surface area contributed by atoms with E-state index in [4.69, 9.17) is 0 Å². The third kappa shape index (κ3) is 4.67. The summed E-state index contributed by atoms with van der Waals surface area (Å²) in [7, 11) is 0. The van der Waals surface area contributed by atoms with E-state index < -0.39 is 0 Å². The first-order valence-corrected chi connectivity index (χ1v) is 6.68. The maximum absolute atomic E-state index is 4.28. The summed E-state index contributed by atoms with van der Waals surface area (Å²) in [5, 5.41) is 6.54. The smallest absolute Gasteiger partial charge is 0.222 e. The molecule has 4 heteroatoms. The Balaban J connectivity index is 1.77. The SMILES string of the molecule is CCCNc1ncc(CNCc2ccccc2)cn1. The van der Waals surface area contributed by atoms with Crippen molar-refractivity contribution < 1.29 is 0 Å². The van der Waals surface area contributed by atoms with Crippen LogP contribution in [0.2, 0.25) is 0 Å². The summed E-state index contributed by atoms with van der Waals surface area (Å²) in [6.45, 7) is 4.67. The van der Waals surface area contributed by atoms with Crippen molar-refractivity contribution in [1.29, 1.82) is 0 Å². The standard InChI is InChI=1S/C15H20N4/c1-2-8-17-15-18-11-14(12-19-15)10-16-9-13-6-4-3-5-7-13/h3-7,11-12,16H,2,8-10H2,1H3,(H,17,18,19). The molecule has 19 heavy (non-hydrogen) atoms. The van der Waals surface area contributed by atoms with Gasteiger partial charge in [-0.2, -0.15) is 0 Å². The van der Waals surface area contributed by atoms with E-state index in [2.05, 4.69) is 39.7 Å². The zero-order valence-corrected chi connectivity index (χ0v) is 11.3. The van der Waals surface area contributed by atoms with Crippen molar-refractivity contribution in [1.82, 2.24) is 15.3 Å². The molecule has 1 heterocycles. The highest BCUT2D eigenvalue weighted by Gasteiger charge is 1.97. The first-order chi connectivity index (χ1) is 9.38. The molecular weight excluding hydrogens is 236 g/mol. The van der Waals surface area contributed by atoms with Crippen LogP contribution in [0.3, 0.4) is 0 Å². The minimum absolute atomic E-state index is 0.702. The molecule has 1 aromatic carbocycles. The minimum Gasteiger partial charge on any atom is -0.354 e. The van der Waals surface area contributed by atoms with E-state index in [0.717, 1.165) is 31.6 Å². The van der Waals surface area contributed by atoms with Gasteiger partial charge in [0.25, 0.3) is 0 Å². The van der Waals surface area contributed by atoms with Crippen LogP contribution >= 0.6 is 0 Å². The summed E-state index contributed by atoms with van der Waals surface area (Å²) >= 11 is 0. The molecule has 0 unspecified atom stereocenters. The maximum atomic E-state index is 4.28. The lowest BCUT2D eigenvalue weighted by Crippen LogP contribution is -2.13. The monoisotopic (exact) mass is 256 g/mol. The second-order valence-corrected chi connectivity index (χ2v) is 4.43. The van der Waals surface area contributed by atoms with Crippen molar-refractivity contribution in [3.63, 3.8) is 0 Å². The average Bonchev–Trinajstić information content (AvgIpc) is 2.47. The van der Waals surface area contributed by atoms with Gasteiger partial charge in [0.15, 0.2) is 0 Å². The molecule has 2 N–H and O–H groups in total. The van der Waals surface area contributed by atoms with Crippen LogP contribution in [-0.4, -0.2) is 16.5 Å². The van der Waals surface area contributed by atoms with Crippen LogP contribution in [0, 0.1) is 0 Å². The van der Waals surface area contributed by atoms with Gasteiger partial charge in [-0.25, -0.2) is 9.97 Å². The van der Waals surface area contributed by atoms with E-state index in [0.29, 0.717) is 5.95 Å². The van der Waals surface area contributed by atoms with Gasteiger partial charge in [-0.05, 0) is 12.0 Å². The number of rotatable bonds is 7. The van der Waals surface area contributed by atoms with Crippen molar-refractivity contribution in [2.75, 3.05) is 11.9 Å². The van der Waals surface area contributed by atoms with Crippen LogP contribution in [-0.2, 0) is 13.1 Å². The van der Waals surface area contributed by atoms with Crippen molar-refractivity contribution in [3.8, 4) is 0 Å². The largest absolute Gasteiger partial charge is 0.354 e. The highest BCUT2D eigenvalue weighted by atomic mass is 15.1. The van der Waals surface area contributed by atoms with Gasteiger partial charge in [0.2, 0.25) is 5.95 Å². The zero-order valence-electron chi connectivity index (χ0n) is 11.3. The van der Waals surface area contributed by atoms with Gasteiger partial charge in [0.05, 0.1) is 0 Å². The second-order valence-electron chi connectivity index (χ2n) is 4.43. The van der Waals surface area contributed by atoms with E-state index in [9.17, 15) is 0 Å². The molecule has 4 nitrogen and oxygen atoms in total. The van der Waals surface area contributed by atoms with E-state index in [1.807, 2.05) is 30.6 Å². The van der Waals surface area contributed by atoms with Crippen LogP contribution in [0.4, 0.5) is 5.95 Å². The zero-order chi connectivity index (χ0) is 13.3. The van der Waals surface area contributed by atoms with Crippen molar-refractivity contribution in [2.24, 2.45) is 0 Å². The molecule has 2 aromatic rings. The number of hydrogen-bond acceptors (Lipinski definition) is 4. The maximum Gasteiger partial charge on any atom is 0.222 e. The molecule has 0 fully saturated rings. The van der Waals surface area contributed by atoms with Crippen molar-refractivity contribution >= 4 is 5.95 Å². The minimum atomic E-state index is 0.702. The Bertz CT molecular complexity index is 467. The fourth-order valence-electron chi connectivity index (χ4n) is 1.72. The Morgan fingerprint density at radius 2 is 1.63 bits per heavy atom. The lowest BCUT2D eigenvalue weighted by atomic mass is 10.2. The molecule has 0 aliphatic carbocycles. The molecule has 0 aliphatic heterocycles. The summed E-state index contributed by atoms with van der Waals surface area (Å²) in [6, 6.07) is 10.4. The fraction of sp³-hybridized carbons (Fsp3) is 0.333. The Kier molecular flexibility index (Phi) is 5.31. The Morgan fingerprint density at radius 3 is 2.32 bits per heavy atom. The Morgan fingerprint density at radius 1 is 0.947 bits per heavy atom. The quantitative estimate of drug-likeness (QED) is 0.799. The predicted octanol–water partition coefficient (Wildman–Crippen LogP) is 2.59. The molecule has 2 rings (SSSR count). The van der Waals surface area contributed by atoms with Gasteiger partial charge in [-0.15, -0.1) is 0 Å². The van der Waals surface area contributed by atoms with Crippen LogP contribution in [0.1, 0.15) is 24.5 Å². The first-order valence-electron chi connectivity index (χ1n) is 6.68. The van der Waals surface area contributed by atoms with Crippen LogP contribution < -0.4 is 10.6 Å². The number of nitrogens with zero attached hydrogens (tertiary/aromatic N) is 2. The first kappa shape index (κ1) is 13.5. The van der Waals surface area contributed by atoms with Gasteiger partial charge >= 0.3 is 0 Å². The van der Waals surface area contributed by atoms with Gasteiger partial charge < -0.3 is 10.6 Å². The number of nitrogens with one attached hydrogen (secondary N) is 2. The highest BCUT2D eigenvalue weighted by Crippen LogP contribution is 2.02. The third-order valence-corrected chi connectivity index (χ3v) is 2.74. The number of anilines is 1. The number of hydrogen-bond donors (Lipinski definition) is 2. The van der Waals surface area contributed by atoms with Crippen LogP contribution in [0.5, 0.6) is 0 Å². The second kappa shape index (κ2) is 7.48. The summed E-state index contributed by atoms with van der Waals surface area (Å²) in [4.78, 5) is 8.56. The summed E-state index contributed by atoms with van der Waals surface area (Å²) in [5.74, 6) is 0.702. The molecule has 0 atom stereocenters. The van der Waals surface area contributed by atoms with E-state index in [1.165, 1.54) is 5.56 Å². The molecule has 0 amide bonds. The number of benzene rings is 1. The van der Waals surface area contributed by atoms with Gasteiger partial charge in [0.1, 0.15) is 0 Å². The van der Waals surface area contributed by atoms with Crippen molar-refractivity contribution in [3.05, 3.63) is 53.9 Å². The molecule has 1 aromatic heterocycles. The summed E-state index contributed by atoms with van der Waals surface area (Å²) in [6.07, 6.45) is 4.80. The Labute approximate surface area is 114 Å². The van der Waals surface area contributed by atoms with E-state index in [1.54, 1.807) is 0 Å².